The molecule has 20 heavy (non-hydrogen) atoms. The third kappa shape index (κ3) is 4.20. The van der Waals surface area contributed by atoms with Gasteiger partial charge in [0.1, 0.15) is 6.04 Å². The predicted octanol–water partition coefficient (Wildman–Crippen LogP) is 1.25. The fourth-order valence-electron chi connectivity index (χ4n) is 2.74. The van der Waals surface area contributed by atoms with Crippen LogP contribution in [0, 0.1) is 5.92 Å². The van der Waals surface area contributed by atoms with Crippen molar-refractivity contribution in [3.05, 3.63) is 0 Å². The molecule has 1 aliphatic rings. The van der Waals surface area contributed by atoms with E-state index in [2.05, 4.69) is 0 Å². The van der Waals surface area contributed by atoms with Crippen LogP contribution in [0.2, 0.25) is 0 Å². The van der Waals surface area contributed by atoms with Gasteiger partial charge in [0, 0.05) is 26.1 Å². The fraction of sp³-hybridized carbons (Fsp3) is 0.867. The van der Waals surface area contributed by atoms with Gasteiger partial charge >= 0.3 is 0 Å². The topological polar surface area (TPSA) is 60.9 Å². The maximum atomic E-state index is 12.7. The minimum atomic E-state index is -0.928. The zero-order valence-corrected chi connectivity index (χ0v) is 13.3. The molecule has 0 aromatic rings. The Morgan fingerprint density at radius 2 is 2.05 bits per heavy atom. The molecular weight excluding hydrogens is 256 g/mol. The summed E-state index contributed by atoms with van der Waals surface area (Å²) in [6.45, 7) is 10.7. The largest absolute Gasteiger partial charge is 0.389 e. The first-order valence-electron chi connectivity index (χ1n) is 7.48. The summed E-state index contributed by atoms with van der Waals surface area (Å²) >= 11 is 0. The number of hydrogen-bond donors (Lipinski definition) is 1. The standard InChI is InChI=1S/C15H28N2O3/c1-6-16(10-15(4,5)20)14(19)13(11(2)3)17-9-7-8-12(17)18/h11,13,20H,6-10H2,1-5H3. The average Bonchev–Trinajstić information content (AvgIpc) is 2.71. The van der Waals surface area contributed by atoms with Crippen LogP contribution in [0.5, 0.6) is 0 Å². The Balaban J connectivity index is 2.90. The fourth-order valence-corrected chi connectivity index (χ4v) is 2.74. The van der Waals surface area contributed by atoms with Gasteiger partial charge in [-0.3, -0.25) is 9.59 Å². The quantitative estimate of drug-likeness (QED) is 0.798. The van der Waals surface area contributed by atoms with Crippen LogP contribution in [-0.2, 0) is 9.59 Å². The van der Waals surface area contributed by atoms with Gasteiger partial charge in [0.15, 0.2) is 0 Å². The van der Waals surface area contributed by atoms with Crippen molar-refractivity contribution < 1.29 is 14.7 Å². The van der Waals surface area contributed by atoms with Crippen LogP contribution in [0.3, 0.4) is 0 Å². The van der Waals surface area contributed by atoms with E-state index in [9.17, 15) is 14.7 Å². The van der Waals surface area contributed by atoms with Crippen LogP contribution < -0.4 is 0 Å². The van der Waals surface area contributed by atoms with Crippen LogP contribution in [0.4, 0.5) is 0 Å². The Morgan fingerprint density at radius 3 is 2.40 bits per heavy atom. The lowest BCUT2D eigenvalue weighted by Crippen LogP contribution is -2.54. The van der Waals surface area contributed by atoms with Gasteiger partial charge in [-0.25, -0.2) is 0 Å². The number of rotatable bonds is 6. The van der Waals surface area contributed by atoms with Crippen molar-refractivity contribution in [2.24, 2.45) is 5.92 Å². The molecule has 1 heterocycles. The van der Waals surface area contributed by atoms with Crippen LogP contribution in [-0.4, -0.2) is 58.0 Å². The Kier molecular flexibility index (Phi) is 5.57. The monoisotopic (exact) mass is 284 g/mol. The molecule has 1 unspecified atom stereocenters. The number of hydrogen-bond acceptors (Lipinski definition) is 3. The van der Waals surface area contributed by atoms with E-state index in [1.165, 1.54) is 0 Å². The van der Waals surface area contributed by atoms with Crippen LogP contribution in [0.25, 0.3) is 0 Å². The van der Waals surface area contributed by atoms with Gasteiger partial charge in [-0.05, 0) is 33.1 Å². The Hall–Kier alpha value is -1.10. The second kappa shape index (κ2) is 6.57. The molecule has 0 aliphatic carbocycles. The van der Waals surface area contributed by atoms with Crippen molar-refractivity contribution in [3.8, 4) is 0 Å². The van der Waals surface area contributed by atoms with E-state index in [0.717, 1.165) is 6.42 Å². The number of carbonyl (C=O) groups excluding carboxylic acids is 2. The van der Waals surface area contributed by atoms with Crippen LogP contribution >= 0.6 is 0 Å². The maximum Gasteiger partial charge on any atom is 0.245 e. The number of amides is 2. The summed E-state index contributed by atoms with van der Waals surface area (Å²) in [5.74, 6) is 0.0802. The lowest BCUT2D eigenvalue weighted by molar-refractivity contribution is -0.147. The van der Waals surface area contributed by atoms with Gasteiger partial charge in [0.2, 0.25) is 11.8 Å². The zero-order valence-electron chi connectivity index (χ0n) is 13.3. The molecule has 0 aromatic carbocycles. The zero-order chi connectivity index (χ0) is 15.5. The molecule has 2 amide bonds. The number of aliphatic hydroxyl groups is 1. The lowest BCUT2D eigenvalue weighted by atomic mass is 10.00. The molecule has 1 fully saturated rings. The minimum absolute atomic E-state index is 0.0557. The first-order chi connectivity index (χ1) is 9.17. The lowest BCUT2D eigenvalue weighted by Gasteiger charge is -2.36. The molecule has 1 rings (SSSR count). The van der Waals surface area contributed by atoms with Gasteiger partial charge < -0.3 is 14.9 Å². The first-order valence-corrected chi connectivity index (χ1v) is 7.48. The van der Waals surface area contributed by atoms with E-state index in [4.69, 9.17) is 0 Å². The van der Waals surface area contributed by atoms with Crippen molar-refractivity contribution in [2.75, 3.05) is 19.6 Å². The summed E-state index contributed by atoms with van der Waals surface area (Å²) in [4.78, 5) is 28.0. The SMILES string of the molecule is CCN(CC(C)(C)O)C(=O)C(C(C)C)N1CCCC1=O. The second-order valence-corrected chi connectivity index (χ2v) is 6.54. The average molecular weight is 284 g/mol. The van der Waals surface area contributed by atoms with E-state index in [1.54, 1.807) is 23.6 Å². The highest BCUT2D eigenvalue weighted by atomic mass is 16.3. The number of likely N-dealkylation sites (N-methyl/N-ethyl adjacent to an activating group) is 1. The molecule has 1 aliphatic heterocycles. The number of carbonyl (C=O) groups is 2. The van der Waals surface area contributed by atoms with E-state index < -0.39 is 11.6 Å². The maximum absolute atomic E-state index is 12.7. The Labute approximate surface area is 121 Å². The van der Waals surface area contributed by atoms with Crippen LogP contribution in [0.15, 0.2) is 0 Å². The van der Waals surface area contributed by atoms with Crippen molar-refractivity contribution in [2.45, 2.75) is 59.1 Å². The molecule has 0 spiro atoms. The van der Waals surface area contributed by atoms with Crippen molar-refractivity contribution >= 4 is 11.8 Å². The number of likely N-dealkylation sites (tertiary alicyclic amines) is 1. The summed E-state index contributed by atoms with van der Waals surface area (Å²) in [6, 6.07) is -0.410. The van der Waals surface area contributed by atoms with Crippen molar-refractivity contribution in [1.82, 2.24) is 9.80 Å². The minimum Gasteiger partial charge on any atom is -0.389 e. The Morgan fingerprint density at radius 1 is 1.45 bits per heavy atom. The van der Waals surface area contributed by atoms with Crippen molar-refractivity contribution in [3.63, 3.8) is 0 Å². The van der Waals surface area contributed by atoms with E-state index >= 15 is 0 Å². The third-order valence-electron chi connectivity index (χ3n) is 3.60. The first kappa shape index (κ1) is 17.0. The molecule has 1 atom stereocenters. The summed E-state index contributed by atoms with van der Waals surface area (Å²) in [7, 11) is 0. The Bertz CT molecular complexity index is 361. The summed E-state index contributed by atoms with van der Waals surface area (Å²) in [6.07, 6.45) is 1.36. The molecule has 5 nitrogen and oxygen atoms in total. The van der Waals surface area contributed by atoms with Gasteiger partial charge in [-0.15, -0.1) is 0 Å². The van der Waals surface area contributed by atoms with Gasteiger partial charge in [0.05, 0.1) is 5.60 Å². The molecule has 0 saturated carbocycles. The van der Waals surface area contributed by atoms with E-state index in [-0.39, 0.29) is 24.3 Å². The van der Waals surface area contributed by atoms with Gasteiger partial charge in [-0.2, -0.15) is 0 Å². The molecule has 116 valence electrons. The number of nitrogens with zero attached hydrogens (tertiary/aromatic N) is 2. The molecule has 0 bridgehead atoms. The predicted molar refractivity (Wildman–Crippen MR) is 78.1 cm³/mol. The van der Waals surface area contributed by atoms with E-state index in [0.29, 0.717) is 19.5 Å². The highest BCUT2D eigenvalue weighted by Gasteiger charge is 2.37. The highest BCUT2D eigenvalue weighted by molar-refractivity contribution is 5.88. The third-order valence-corrected chi connectivity index (χ3v) is 3.60. The smallest absolute Gasteiger partial charge is 0.245 e. The summed E-state index contributed by atoms with van der Waals surface area (Å²) in [5, 5.41) is 9.93. The molecule has 1 N–H and O–H groups in total. The molecule has 5 heteroatoms. The van der Waals surface area contributed by atoms with Gasteiger partial charge in [0.25, 0.3) is 0 Å². The van der Waals surface area contributed by atoms with Crippen LogP contribution in [0.1, 0.15) is 47.5 Å². The molecular formula is C15H28N2O3. The normalized spacial score (nSPS) is 17.8. The summed E-state index contributed by atoms with van der Waals surface area (Å²) < 4.78 is 0. The van der Waals surface area contributed by atoms with Crippen molar-refractivity contribution in [1.29, 1.82) is 0 Å². The second-order valence-electron chi connectivity index (χ2n) is 6.54. The summed E-state index contributed by atoms with van der Waals surface area (Å²) in [5.41, 5.74) is -0.928. The highest BCUT2D eigenvalue weighted by Crippen LogP contribution is 2.21. The molecule has 0 aromatic heterocycles. The van der Waals surface area contributed by atoms with E-state index in [1.807, 2.05) is 20.8 Å². The molecule has 1 saturated heterocycles. The molecule has 0 radical (unpaired) electrons. The van der Waals surface area contributed by atoms with Gasteiger partial charge in [-0.1, -0.05) is 13.8 Å².